The number of aromatic nitrogens is 1. The number of pyridine rings is 1. The van der Waals surface area contributed by atoms with Crippen LogP contribution in [0.25, 0.3) is 31.3 Å². The molecule has 0 radical (unpaired) electrons. The van der Waals surface area contributed by atoms with Gasteiger partial charge in [0.1, 0.15) is 11.4 Å². The molecule has 3 aromatic heterocycles. The summed E-state index contributed by atoms with van der Waals surface area (Å²) in [6, 6.07) is 19.9. The maximum atomic E-state index is 12.3. The molecule has 0 N–H and O–H groups in total. The van der Waals surface area contributed by atoms with Crippen molar-refractivity contribution in [3.05, 3.63) is 77.4 Å². The second-order valence-corrected chi connectivity index (χ2v) is 8.82. The summed E-state index contributed by atoms with van der Waals surface area (Å²) in [7, 11) is 0. The zero-order valence-corrected chi connectivity index (χ0v) is 19.3. The Bertz CT molecular complexity index is 1190. The topological polar surface area (TPSA) is 65.5 Å². The van der Waals surface area contributed by atoms with Crippen LogP contribution in [0.4, 0.5) is 0 Å². The fraction of sp³-hybridized carbons (Fsp3) is 0.160. The summed E-state index contributed by atoms with van der Waals surface area (Å²) in [5, 5.41) is 2.07. The van der Waals surface area contributed by atoms with E-state index in [4.69, 9.17) is 9.47 Å². The number of hydrogen-bond donors (Lipinski definition) is 0. The van der Waals surface area contributed by atoms with Gasteiger partial charge in [-0.15, -0.1) is 22.7 Å². The van der Waals surface area contributed by atoms with Crippen molar-refractivity contribution in [1.29, 1.82) is 0 Å². The van der Waals surface area contributed by atoms with Gasteiger partial charge in [0, 0.05) is 14.6 Å². The van der Waals surface area contributed by atoms with Crippen LogP contribution >= 0.6 is 22.7 Å². The molecule has 7 heteroatoms. The lowest BCUT2D eigenvalue weighted by Crippen LogP contribution is -2.13. The molecule has 4 aromatic rings. The quantitative estimate of drug-likeness (QED) is 0.290. The highest BCUT2D eigenvalue weighted by atomic mass is 32.1. The van der Waals surface area contributed by atoms with Crippen LogP contribution in [0.3, 0.4) is 0 Å². The number of benzene rings is 1. The van der Waals surface area contributed by atoms with Gasteiger partial charge in [-0.3, -0.25) is 0 Å². The third-order valence-electron chi connectivity index (χ3n) is 4.66. The normalized spacial score (nSPS) is 10.7. The third kappa shape index (κ3) is 4.79. The van der Waals surface area contributed by atoms with E-state index in [9.17, 15) is 9.59 Å². The summed E-state index contributed by atoms with van der Waals surface area (Å²) in [5.41, 5.74) is 3.18. The molecule has 0 amide bonds. The SMILES string of the molecule is CCOC(=O)c1cc(-c2ccc(-c3ccc(-c4cccs4)cc3)s2)cc(C(=O)OCC)n1. The van der Waals surface area contributed by atoms with Crippen LogP contribution < -0.4 is 0 Å². The summed E-state index contributed by atoms with van der Waals surface area (Å²) >= 11 is 3.29. The molecular formula is C25H21NO4S2. The first kappa shape index (κ1) is 21.9. The van der Waals surface area contributed by atoms with Gasteiger partial charge < -0.3 is 9.47 Å². The number of esters is 2. The lowest BCUT2D eigenvalue weighted by molar-refractivity contribution is 0.0511. The van der Waals surface area contributed by atoms with E-state index in [0.717, 1.165) is 20.9 Å². The highest BCUT2D eigenvalue weighted by molar-refractivity contribution is 7.18. The highest BCUT2D eigenvalue weighted by Crippen LogP contribution is 2.36. The Hall–Kier alpha value is -3.29. The summed E-state index contributed by atoms with van der Waals surface area (Å²) < 4.78 is 10.2. The van der Waals surface area contributed by atoms with E-state index in [2.05, 4.69) is 40.7 Å². The van der Waals surface area contributed by atoms with Crippen molar-refractivity contribution in [3.8, 4) is 31.3 Å². The zero-order chi connectivity index (χ0) is 22.5. The van der Waals surface area contributed by atoms with Crippen molar-refractivity contribution >= 4 is 34.6 Å². The van der Waals surface area contributed by atoms with Crippen LogP contribution in [0.1, 0.15) is 34.8 Å². The minimum Gasteiger partial charge on any atom is -0.461 e. The van der Waals surface area contributed by atoms with Gasteiger partial charge in [-0.05, 0) is 66.2 Å². The van der Waals surface area contributed by atoms with Gasteiger partial charge in [0.15, 0.2) is 0 Å². The van der Waals surface area contributed by atoms with Gasteiger partial charge in [-0.2, -0.15) is 0 Å². The number of ether oxygens (including phenoxy) is 2. The zero-order valence-electron chi connectivity index (χ0n) is 17.7. The average molecular weight is 464 g/mol. The predicted molar refractivity (Wildman–Crippen MR) is 128 cm³/mol. The van der Waals surface area contributed by atoms with E-state index in [0.29, 0.717) is 0 Å². The molecule has 5 nitrogen and oxygen atoms in total. The molecule has 162 valence electrons. The van der Waals surface area contributed by atoms with Gasteiger partial charge in [-0.1, -0.05) is 30.3 Å². The molecule has 0 spiro atoms. The molecule has 1 aromatic carbocycles. The first-order valence-electron chi connectivity index (χ1n) is 10.2. The minimum absolute atomic E-state index is 0.0858. The van der Waals surface area contributed by atoms with E-state index >= 15 is 0 Å². The molecule has 0 saturated carbocycles. The van der Waals surface area contributed by atoms with Crippen LogP contribution in [0, 0.1) is 0 Å². The second-order valence-electron chi connectivity index (χ2n) is 6.79. The molecular weight excluding hydrogens is 442 g/mol. The molecule has 4 rings (SSSR count). The summed E-state index contributed by atoms with van der Waals surface area (Å²) in [6.07, 6.45) is 0. The van der Waals surface area contributed by atoms with Crippen molar-refractivity contribution in [2.45, 2.75) is 13.8 Å². The van der Waals surface area contributed by atoms with Crippen LogP contribution in [0.5, 0.6) is 0 Å². The first-order valence-corrected chi connectivity index (χ1v) is 11.9. The Morgan fingerprint density at radius 2 is 1.28 bits per heavy atom. The summed E-state index contributed by atoms with van der Waals surface area (Å²) in [6.45, 7) is 3.90. The Kier molecular flexibility index (Phi) is 6.78. The number of carbonyl (C=O) groups excluding carboxylic acids is 2. The molecule has 0 saturated heterocycles. The Morgan fingerprint density at radius 3 is 1.78 bits per heavy atom. The molecule has 0 aliphatic rings. The molecule has 0 atom stereocenters. The predicted octanol–water partition coefficient (Wildman–Crippen LogP) is 6.56. The van der Waals surface area contributed by atoms with Crippen molar-refractivity contribution in [1.82, 2.24) is 4.98 Å². The minimum atomic E-state index is -0.569. The molecule has 32 heavy (non-hydrogen) atoms. The number of carbonyl (C=O) groups is 2. The highest BCUT2D eigenvalue weighted by Gasteiger charge is 2.18. The smallest absolute Gasteiger partial charge is 0.356 e. The number of hydrogen-bond acceptors (Lipinski definition) is 7. The van der Waals surface area contributed by atoms with Crippen molar-refractivity contribution in [3.63, 3.8) is 0 Å². The van der Waals surface area contributed by atoms with E-state index in [1.807, 2.05) is 18.2 Å². The van der Waals surface area contributed by atoms with Crippen LogP contribution in [-0.2, 0) is 9.47 Å². The van der Waals surface area contributed by atoms with Crippen molar-refractivity contribution < 1.29 is 19.1 Å². The molecule has 3 heterocycles. The molecule has 0 fully saturated rings. The molecule has 0 aliphatic heterocycles. The largest absolute Gasteiger partial charge is 0.461 e. The second kappa shape index (κ2) is 9.89. The van der Waals surface area contributed by atoms with Crippen LogP contribution in [0.15, 0.2) is 66.0 Å². The van der Waals surface area contributed by atoms with Gasteiger partial charge in [0.05, 0.1) is 13.2 Å². The summed E-state index contributed by atoms with van der Waals surface area (Å²) in [5.74, 6) is -1.14. The van der Waals surface area contributed by atoms with E-state index < -0.39 is 11.9 Å². The lowest BCUT2D eigenvalue weighted by Gasteiger charge is -2.07. The summed E-state index contributed by atoms with van der Waals surface area (Å²) in [4.78, 5) is 32.0. The van der Waals surface area contributed by atoms with Crippen molar-refractivity contribution in [2.75, 3.05) is 13.2 Å². The number of thiophene rings is 2. The first-order chi connectivity index (χ1) is 15.6. The van der Waals surface area contributed by atoms with Gasteiger partial charge in [0.25, 0.3) is 0 Å². The molecule has 0 unspecified atom stereocenters. The van der Waals surface area contributed by atoms with E-state index in [1.165, 1.54) is 10.4 Å². The number of rotatable bonds is 7. The van der Waals surface area contributed by atoms with Gasteiger partial charge >= 0.3 is 11.9 Å². The van der Waals surface area contributed by atoms with Gasteiger partial charge in [0.2, 0.25) is 0 Å². The Balaban J connectivity index is 1.66. The Morgan fingerprint density at radius 1 is 0.750 bits per heavy atom. The molecule has 0 bridgehead atoms. The maximum Gasteiger partial charge on any atom is 0.356 e. The lowest BCUT2D eigenvalue weighted by atomic mass is 10.1. The fourth-order valence-electron chi connectivity index (χ4n) is 3.18. The number of nitrogens with zero attached hydrogens (tertiary/aromatic N) is 1. The van der Waals surface area contributed by atoms with E-state index in [1.54, 1.807) is 48.7 Å². The maximum absolute atomic E-state index is 12.3. The van der Waals surface area contributed by atoms with Crippen molar-refractivity contribution in [2.24, 2.45) is 0 Å². The van der Waals surface area contributed by atoms with Crippen LogP contribution in [-0.4, -0.2) is 30.1 Å². The third-order valence-corrected chi connectivity index (χ3v) is 6.76. The molecule has 0 aliphatic carbocycles. The standard InChI is InChI=1S/C25H21NO4S2/c1-3-29-24(27)19-14-18(15-20(26-19)25(28)30-4-2)23-12-11-22(32-23)17-9-7-16(8-10-17)21-6-5-13-31-21/h5-15H,3-4H2,1-2H3. The van der Waals surface area contributed by atoms with Crippen LogP contribution in [0.2, 0.25) is 0 Å². The van der Waals surface area contributed by atoms with Gasteiger partial charge in [-0.25, -0.2) is 14.6 Å². The monoisotopic (exact) mass is 463 g/mol. The average Bonchev–Trinajstić information content (AvgIpc) is 3.52. The van der Waals surface area contributed by atoms with E-state index in [-0.39, 0.29) is 24.6 Å². The fourth-order valence-corrected chi connectivity index (χ4v) is 4.91. The Labute approximate surface area is 194 Å².